The summed E-state index contributed by atoms with van der Waals surface area (Å²) >= 11 is 0. The molecule has 0 unspecified atom stereocenters. The van der Waals surface area contributed by atoms with Crippen LogP contribution in [0, 0.1) is 6.08 Å². The van der Waals surface area contributed by atoms with Crippen molar-refractivity contribution in [3.63, 3.8) is 0 Å². The van der Waals surface area contributed by atoms with E-state index in [0.29, 0.717) is 0 Å². The van der Waals surface area contributed by atoms with E-state index in [-0.39, 0.29) is 26.2 Å². The van der Waals surface area contributed by atoms with E-state index in [0.717, 1.165) is 6.42 Å². The van der Waals surface area contributed by atoms with Gasteiger partial charge in [-0.1, -0.05) is 20.3 Å². The van der Waals surface area contributed by atoms with Gasteiger partial charge in [-0.2, -0.15) is 53.4 Å². The summed E-state index contributed by atoms with van der Waals surface area (Å²) in [5.41, 5.74) is 4.33. The van der Waals surface area contributed by atoms with Crippen LogP contribution in [0.2, 0.25) is 0 Å². The van der Waals surface area contributed by atoms with Crippen molar-refractivity contribution in [3.05, 3.63) is 38.7 Å². The first kappa shape index (κ1) is 27.6. The molecule has 0 spiro atoms. The van der Waals surface area contributed by atoms with Crippen molar-refractivity contribution in [3.8, 4) is 0 Å². The van der Waals surface area contributed by atoms with Crippen LogP contribution in [0.4, 0.5) is 0 Å². The molecule has 3 nitrogen and oxygen atoms in total. The Kier molecular flexibility index (Phi) is 33.9. The van der Waals surface area contributed by atoms with Gasteiger partial charge in [0.1, 0.15) is 0 Å². The molecule has 0 amide bonds. The molecule has 110 valence electrons. The minimum absolute atomic E-state index is 0. The van der Waals surface area contributed by atoms with Crippen LogP contribution in [-0.4, -0.2) is 42.3 Å². The van der Waals surface area contributed by atoms with E-state index >= 15 is 0 Å². The Morgan fingerprint density at radius 2 is 1.11 bits per heavy atom. The summed E-state index contributed by atoms with van der Waals surface area (Å²) in [6, 6.07) is 0. The van der Waals surface area contributed by atoms with Gasteiger partial charge in [0.15, 0.2) is 0 Å². The zero-order chi connectivity index (χ0) is 15.0. The third-order valence-corrected chi connectivity index (χ3v) is 2.09. The normalized spacial score (nSPS) is 12.4. The van der Waals surface area contributed by atoms with E-state index in [1.54, 1.807) is 42.3 Å². The van der Waals surface area contributed by atoms with Gasteiger partial charge < -0.3 is 16.0 Å². The molecule has 0 bridgehead atoms. The summed E-state index contributed by atoms with van der Waals surface area (Å²) in [6.07, 6.45) is 5.65. The van der Waals surface area contributed by atoms with Gasteiger partial charge in [-0.15, -0.1) is 13.3 Å². The molecule has 0 radical (unpaired) electrons. The summed E-state index contributed by atoms with van der Waals surface area (Å²) in [7, 11) is 10.5. The largest absolute Gasteiger partial charge is 4.00 e. The minimum atomic E-state index is 0. The third kappa shape index (κ3) is 23.7. The average molecular weight is 345 g/mol. The van der Waals surface area contributed by atoms with Gasteiger partial charge in [-0.25, -0.2) is 5.57 Å². The molecule has 19 heavy (non-hydrogen) atoms. The molecule has 0 aromatic carbocycles. The van der Waals surface area contributed by atoms with E-state index in [2.05, 4.69) is 42.8 Å². The van der Waals surface area contributed by atoms with Gasteiger partial charge in [0.2, 0.25) is 0 Å². The smallest absolute Gasteiger partial charge is 0.668 e. The summed E-state index contributed by atoms with van der Waals surface area (Å²) in [6.45, 7) is 6.52. The molecule has 0 N–H and O–H groups in total. The summed E-state index contributed by atoms with van der Waals surface area (Å²) in [5.74, 6) is 0. The average Bonchev–Trinajstić information content (AvgIpc) is 2.29. The Balaban J connectivity index is -0.0000000956. The molecule has 0 aromatic rings. The maximum Gasteiger partial charge on any atom is 4.00 e. The van der Waals surface area contributed by atoms with Crippen molar-refractivity contribution in [1.29, 1.82) is 0 Å². The molecular formula is C15H31N3Zr. The molecule has 1 aliphatic rings. The molecule has 0 aliphatic heterocycles. The Morgan fingerprint density at radius 3 is 1.32 bits per heavy atom. The molecular weight excluding hydrogens is 313 g/mol. The molecule has 0 atom stereocenters. The van der Waals surface area contributed by atoms with Gasteiger partial charge in [-0.05, 0) is 0 Å². The molecule has 0 aromatic heterocycles. The van der Waals surface area contributed by atoms with Gasteiger partial charge in [0, 0.05) is 0 Å². The van der Waals surface area contributed by atoms with Crippen molar-refractivity contribution in [1.82, 2.24) is 0 Å². The van der Waals surface area contributed by atoms with Gasteiger partial charge in [0.25, 0.3) is 0 Å². The van der Waals surface area contributed by atoms with E-state index in [4.69, 9.17) is 0 Å². The van der Waals surface area contributed by atoms with Crippen LogP contribution in [0.5, 0.6) is 0 Å². The van der Waals surface area contributed by atoms with Crippen molar-refractivity contribution in [2.75, 3.05) is 42.3 Å². The van der Waals surface area contributed by atoms with Crippen LogP contribution in [0.15, 0.2) is 16.7 Å². The number of hydrogen-bond donors (Lipinski definition) is 0. The van der Waals surface area contributed by atoms with Crippen LogP contribution in [-0.2, 0) is 26.2 Å². The van der Waals surface area contributed by atoms with Crippen LogP contribution < -0.4 is 0 Å². The predicted octanol–water partition coefficient (Wildman–Crippen LogP) is 4.72. The van der Waals surface area contributed by atoms with E-state index < -0.39 is 0 Å². The van der Waals surface area contributed by atoms with E-state index in [1.165, 1.54) is 23.1 Å². The Labute approximate surface area is 140 Å². The van der Waals surface area contributed by atoms with Crippen LogP contribution in [0.3, 0.4) is 0 Å². The van der Waals surface area contributed by atoms with Gasteiger partial charge >= 0.3 is 26.2 Å². The van der Waals surface area contributed by atoms with Crippen molar-refractivity contribution in [2.45, 2.75) is 33.6 Å². The second-order valence-electron chi connectivity index (χ2n) is 4.05. The molecule has 0 saturated heterocycles. The monoisotopic (exact) mass is 343 g/mol. The zero-order valence-electron chi connectivity index (χ0n) is 14.3. The van der Waals surface area contributed by atoms with Gasteiger partial charge in [-0.3, -0.25) is 6.08 Å². The quantitative estimate of drug-likeness (QED) is 0.571. The molecule has 0 fully saturated rings. The van der Waals surface area contributed by atoms with Crippen molar-refractivity contribution < 1.29 is 26.2 Å². The van der Waals surface area contributed by atoms with Gasteiger partial charge in [0.05, 0.1) is 0 Å². The first-order valence-corrected chi connectivity index (χ1v) is 6.14. The van der Waals surface area contributed by atoms with Crippen LogP contribution in [0.1, 0.15) is 33.6 Å². The predicted molar refractivity (Wildman–Crippen MR) is 85.7 cm³/mol. The minimum Gasteiger partial charge on any atom is -0.668 e. The summed E-state index contributed by atoms with van der Waals surface area (Å²) in [5, 5.41) is 10.5. The fourth-order valence-electron chi connectivity index (χ4n) is 1.08. The van der Waals surface area contributed by atoms with Crippen LogP contribution >= 0.6 is 0 Å². The Morgan fingerprint density at radius 1 is 0.789 bits per heavy atom. The SMILES string of the molecule is CC1=[C-]CCC(C)=C1C.C[N-]C.C[N-]C.C[N-]C.[Zr+4]. The first-order valence-electron chi connectivity index (χ1n) is 6.14. The third-order valence-electron chi connectivity index (χ3n) is 2.09. The fraction of sp³-hybridized carbons (Fsp3) is 0.733. The molecule has 1 rings (SSSR count). The van der Waals surface area contributed by atoms with E-state index in [9.17, 15) is 0 Å². The maximum atomic E-state index is 3.50. The Bertz CT molecular complexity index is 219. The van der Waals surface area contributed by atoms with Crippen molar-refractivity contribution in [2.24, 2.45) is 0 Å². The first-order chi connectivity index (χ1) is 8.46. The molecule has 0 heterocycles. The Hall–Kier alpha value is 0.243. The second kappa shape index (κ2) is 23.3. The van der Waals surface area contributed by atoms with E-state index in [1.807, 2.05) is 0 Å². The fourth-order valence-corrected chi connectivity index (χ4v) is 1.08. The number of rotatable bonds is 0. The molecule has 4 heteroatoms. The molecule has 0 saturated carbocycles. The summed E-state index contributed by atoms with van der Waals surface area (Å²) < 4.78 is 0. The maximum absolute atomic E-state index is 3.50. The molecule has 1 aliphatic carbocycles. The number of hydrogen-bond acceptors (Lipinski definition) is 0. The standard InChI is InChI=1S/C9H13.3C2H6N.Zr/c1-7-5-4-6-8(2)9(7)3;3*1-3-2;/h4-5H2,1-3H3;3*1-2H3;/q4*-1;+4. The zero-order valence-corrected chi connectivity index (χ0v) is 16.7. The number of nitrogens with zero attached hydrogens (tertiary/aromatic N) is 3. The second-order valence-corrected chi connectivity index (χ2v) is 4.05. The topological polar surface area (TPSA) is 42.3 Å². The van der Waals surface area contributed by atoms with Crippen LogP contribution in [0.25, 0.3) is 16.0 Å². The summed E-state index contributed by atoms with van der Waals surface area (Å²) in [4.78, 5) is 0. The number of allylic oxidation sites excluding steroid dienone is 4. The van der Waals surface area contributed by atoms with Crippen molar-refractivity contribution >= 4 is 0 Å².